The van der Waals surface area contributed by atoms with Crippen LogP contribution in [0.25, 0.3) is 0 Å². The lowest BCUT2D eigenvalue weighted by atomic mass is 9.96. The molecule has 4 N–H and O–H groups in total. The number of aromatic nitrogens is 2. The molecule has 1 saturated carbocycles. The van der Waals surface area contributed by atoms with E-state index in [2.05, 4.69) is 20.6 Å². The molecule has 2 rings (SSSR count). The zero-order chi connectivity index (χ0) is 10.5. The second-order valence-corrected chi connectivity index (χ2v) is 3.88. The monoisotopic (exact) mass is 207 g/mol. The van der Waals surface area contributed by atoms with Gasteiger partial charge in [-0.2, -0.15) is 5.10 Å². The molecule has 0 radical (unpaired) electrons. The Kier molecular flexibility index (Phi) is 3.34. The number of H-pyrrole nitrogens is 1. The number of rotatable bonds is 2. The summed E-state index contributed by atoms with van der Waals surface area (Å²) in [4.78, 5) is 4.61. The van der Waals surface area contributed by atoms with Crippen molar-refractivity contribution in [2.75, 3.05) is 0 Å². The minimum absolute atomic E-state index is 0.410. The summed E-state index contributed by atoms with van der Waals surface area (Å²) in [5.41, 5.74) is 3.48. The van der Waals surface area contributed by atoms with Gasteiger partial charge in [0.2, 0.25) is 0 Å². The highest BCUT2D eigenvalue weighted by Crippen LogP contribution is 2.20. The van der Waals surface area contributed by atoms with E-state index in [9.17, 15) is 0 Å². The maximum absolute atomic E-state index is 5.45. The third-order valence-electron chi connectivity index (χ3n) is 2.78. The Morgan fingerprint density at radius 2 is 2.27 bits per heavy atom. The number of aliphatic imine (C=N–C) groups is 1. The average molecular weight is 207 g/mol. The van der Waals surface area contributed by atoms with E-state index in [1.54, 1.807) is 6.20 Å². The molecule has 5 nitrogen and oxygen atoms in total. The number of nitrogens with zero attached hydrogens (tertiary/aromatic N) is 2. The van der Waals surface area contributed by atoms with Gasteiger partial charge in [0.25, 0.3) is 0 Å². The number of hydrogen-bond acceptors (Lipinski definition) is 3. The molecule has 0 aromatic carbocycles. The molecule has 1 aromatic rings. The maximum Gasteiger partial charge on any atom is 0.161 e. The van der Waals surface area contributed by atoms with Gasteiger partial charge in [-0.3, -0.25) is 10.1 Å². The van der Waals surface area contributed by atoms with Gasteiger partial charge in [-0.15, -0.1) is 0 Å². The van der Waals surface area contributed by atoms with E-state index < -0.39 is 0 Å². The fraction of sp³-hybridized carbons (Fsp3) is 0.600. The summed E-state index contributed by atoms with van der Waals surface area (Å²) in [7, 11) is 0. The van der Waals surface area contributed by atoms with Crippen LogP contribution < -0.4 is 11.3 Å². The van der Waals surface area contributed by atoms with Gasteiger partial charge in [-0.1, -0.05) is 19.3 Å². The number of nitrogens with two attached hydrogens (primary N) is 1. The van der Waals surface area contributed by atoms with Crippen LogP contribution in [-0.4, -0.2) is 22.1 Å². The number of hydrogen-bond donors (Lipinski definition) is 3. The third kappa shape index (κ3) is 2.56. The number of aromatic amines is 1. The first kappa shape index (κ1) is 10.2. The van der Waals surface area contributed by atoms with Crippen molar-refractivity contribution in [3.8, 4) is 0 Å². The van der Waals surface area contributed by atoms with Crippen molar-refractivity contribution in [3.63, 3.8) is 0 Å². The van der Waals surface area contributed by atoms with Crippen LogP contribution in [0, 0.1) is 0 Å². The first-order chi connectivity index (χ1) is 7.40. The van der Waals surface area contributed by atoms with E-state index in [0.717, 1.165) is 5.69 Å². The smallest absolute Gasteiger partial charge is 0.161 e. The fourth-order valence-corrected chi connectivity index (χ4v) is 1.97. The number of hydrazine groups is 1. The predicted molar refractivity (Wildman–Crippen MR) is 59.3 cm³/mol. The van der Waals surface area contributed by atoms with Crippen LogP contribution in [0.4, 0.5) is 0 Å². The maximum atomic E-state index is 5.45. The molecule has 1 heterocycles. The molecular weight excluding hydrogens is 190 g/mol. The molecule has 15 heavy (non-hydrogen) atoms. The molecule has 0 unspecified atom stereocenters. The first-order valence-electron chi connectivity index (χ1n) is 5.44. The van der Waals surface area contributed by atoms with Crippen LogP contribution in [0.5, 0.6) is 0 Å². The summed E-state index contributed by atoms with van der Waals surface area (Å²) in [6, 6.07) is 2.27. The summed E-state index contributed by atoms with van der Waals surface area (Å²) >= 11 is 0. The van der Waals surface area contributed by atoms with Crippen LogP contribution in [0.15, 0.2) is 17.3 Å². The van der Waals surface area contributed by atoms with Gasteiger partial charge >= 0.3 is 0 Å². The average Bonchev–Trinajstić information content (AvgIpc) is 2.81. The van der Waals surface area contributed by atoms with Crippen LogP contribution in [0.1, 0.15) is 37.8 Å². The van der Waals surface area contributed by atoms with E-state index in [4.69, 9.17) is 5.84 Å². The number of amidine groups is 1. The van der Waals surface area contributed by atoms with Gasteiger partial charge in [0, 0.05) is 6.20 Å². The quantitative estimate of drug-likeness (QED) is 0.292. The largest absolute Gasteiger partial charge is 0.307 e. The Balaban J connectivity index is 2.08. The van der Waals surface area contributed by atoms with Crippen molar-refractivity contribution >= 4 is 5.84 Å². The van der Waals surface area contributed by atoms with Crippen molar-refractivity contribution < 1.29 is 0 Å². The Morgan fingerprint density at radius 3 is 2.87 bits per heavy atom. The van der Waals surface area contributed by atoms with Crippen LogP contribution in [0.3, 0.4) is 0 Å². The highest BCUT2D eigenvalue weighted by molar-refractivity contribution is 5.96. The molecule has 0 bridgehead atoms. The number of nitrogens with one attached hydrogen (secondary N) is 2. The van der Waals surface area contributed by atoms with Crippen LogP contribution in [-0.2, 0) is 0 Å². The molecule has 0 spiro atoms. The fourth-order valence-electron chi connectivity index (χ4n) is 1.97. The Labute approximate surface area is 89.1 Å². The van der Waals surface area contributed by atoms with Gasteiger partial charge < -0.3 is 5.43 Å². The standard InChI is InChI=1S/C10H17N5/c11-14-10(9-6-7-12-15-9)13-8-4-2-1-3-5-8/h6-8H,1-5,11H2,(H,12,15)(H,13,14). The molecule has 1 aromatic heterocycles. The molecule has 1 fully saturated rings. The first-order valence-corrected chi connectivity index (χ1v) is 5.44. The van der Waals surface area contributed by atoms with Crippen molar-refractivity contribution in [2.24, 2.45) is 10.8 Å². The molecule has 0 aliphatic heterocycles. The van der Waals surface area contributed by atoms with Gasteiger partial charge in [0.05, 0.1) is 6.04 Å². The topological polar surface area (TPSA) is 79.1 Å². The summed E-state index contributed by atoms with van der Waals surface area (Å²) in [5, 5.41) is 6.74. The van der Waals surface area contributed by atoms with E-state index in [1.807, 2.05) is 6.07 Å². The second-order valence-electron chi connectivity index (χ2n) is 3.88. The van der Waals surface area contributed by atoms with E-state index in [-0.39, 0.29) is 0 Å². The Morgan fingerprint density at radius 1 is 1.47 bits per heavy atom. The summed E-state index contributed by atoms with van der Waals surface area (Å²) in [6.07, 6.45) is 7.91. The zero-order valence-electron chi connectivity index (χ0n) is 8.74. The third-order valence-corrected chi connectivity index (χ3v) is 2.78. The Hall–Kier alpha value is -1.36. The normalized spacial score (nSPS) is 19.1. The van der Waals surface area contributed by atoms with Crippen molar-refractivity contribution in [1.29, 1.82) is 0 Å². The van der Waals surface area contributed by atoms with Crippen LogP contribution >= 0.6 is 0 Å². The van der Waals surface area contributed by atoms with E-state index >= 15 is 0 Å². The molecule has 0 amide bonds. The van der Waals surface area contributed by atoms with E-state index in [0.29, 0.717) is 11.9 Å². The predicted octanol–water partition coefficient (Wildman–Crippen LogP) is 0.952. The molecule has 5 heteroatoms. The minimum atomic E-state index is 0.410. The minimum Gasteiger partial charge on any atom is -0.307 e. The highest BCUT2D eigenvalue weighted by Gasteiger charge is 2.13. The highest BCUT2D eigenvalue weighted by atomic mass is 15.3. The molecule has 82 valence electrons. The zero-order valence-corrected chi connectivity index (χ0v) is 8.74. The SMILES string of the molecule is NNC(=NC1CCCCC1)c1ccn[nH]1. The second kappa shape index (κ2) is 4.93. The van der Waals surface area contributed by atoms with E-state index in [1.165, 1.54) is 32.1 Å². The molecule has 1 aliphatic carbocycles. The van der Waals surface area contributed by atoms with Gasteiger partial charge in [0.15, 0.2) is 5.84 Å². The molecule has 1 aliphatic rings. The van der Waals surface area contributed by atoms with Crippen LogP contribution in [0.2, 0.25) is 0 Å². The summed E-state index contributed by atoms with van der Waals surface area (Å²) in [5.74, 6) is 6.16. The van der Waals surface area contributed by atoms with Gasteiger partial charge in [0.1, 0.15) is 5.69 Å². The van der Waals surface area contributed by atoms with Gasteiger partial charge in [-0.05, 0) is 18.9 Å². The Bertz CT molecular complexity index is 311. The van der Waals surface area contributed by atoms with Crippen molar-refractivity contribution in [3.05, 3.63) is 18.0 Å². The summed E-state index contributed by atoms with van der Waals surface area (Å²) < 4.78 is 0. The molecule has 0 saturated heterocycles. The molecular formula is C10H17N5. The lowest BCUT2D eigenvalue weighted by molar-refractivity contribution is 0.442. The summed E-state index contributed by atoms with van der Waals surface area (Å²) in [6.45, 7) is 0. The van der Waals surface area contributed by atoms with Crippen molar-refractivity contribution in [1.82, 2.24) is 15.6 Å². The van der Waals surface area contributed by atoms with Gasteiger partial charge in [-0.25, -0.2) is 5.84 Å². The lowest BCUT2D eigenvalue weighted by Gasteiger charge is -2.18. The van der Waals surface area contributed by atoms with Crippen molar-refractivity contribution in [2.45, 2.75) is 38.1 Å². The lowest BCUT2D eigenvalue weighted by Crippen LogP contribution is -2.33. The molecule has 0 atom stereocenters.